The molecule has 0 saturated carbocycles. The minimum absolute atomic E-state index is 0.104. The lowest BCUT2D eigenvalue weighted by atomic mass is 10.1. The quantitative estimate of drug-likeness (QED) is 0.841. The fourth-order valence-corrected chi connectivity index (χ4v) is 1.79. The van der Waals surface area contributed by atoms with Crippen molar-refractivity contribution in [2.75, 3.05) is 5.73 Å². The van der Waals surface area contributed by atoms with Crippen LogP contribution in [0.25, 0.3) is 0 Å². The summed E-state index contributed by atoms with van der Waals surface area (Å²) in [6, 6.07) is 8.71. The zero-order valence-electron chi connectivity index (χ0n) is 10.9. The van der Waals surface area contributed by atoms with Gasteiger partial charge in [0, 0.05) is 0 Å². The first-order valence-corrected chi connectivity index (χ1v) is 5.98. The molecule has 104 valence electrons. The highest BCUT2D eigenvalue weighted by Gasteiger charge is 2.08. The maximum absolute atomic E-state index is 13.0. The summed E-state index contributed by atoms with van der Waals surface area (Å²) in [4.78, 5) is 10.8. The Bertz CT molecular complexity index is 656. The first kappa shape index (κ1) is 13.9. The van der Waals surface area contributed by atoms with E-state index >= 15 is 0 Å². The summed E-state index contributed by atoms with van der Waals surface area (Å²) < 4.78 is 18.5. The Balaban J connectivity index is 2.13. The van der Waals surface area contributed by atoms with Crippen LogP contribution in [0.1, 0.15) is 21.5 Å². The van der Waals surface area contributed by atoms with Gasteiger partial charge in [0.25, 0.3) is 0 Å². The van der Waals surface area contributed by atoms with E-state index in [9.17, 15) is 9.18 Å². The van der Waals surface area contributed by atoms with Crippen LogP contribution in [0, 0.1) is 12.7 Å². The third-order valence-electron chi connectivity index (χ3n) is 2.94. The number of aryl methyl sites for hydroxylation is 1. The second kappa shape index (κ2) is 5.61. The molecule has 4 nitrogen and oxygen atoms in total. The van der Waals surface area contributed by atoms with Gasteiger partial charge in [-0.05, 0) is 48.4 Å². The molecule has 0 amide bonds. The highest BCUT2D eigenvalue weighted by molar-refractivity contribution is 5.89. The lowest BCUT2D eigenvalue weighted by molar-refractivity contribution is 0.0697. The maximum atomic E-state index is 13.0. The van der Waals surface area contributed by atoms with Crippen LogP contribution in [-0.2, 0) is 6.61 Å². The third kappa shape index (κ3) is 3.06. The minimum Gasteiger partial charge on any atom is -0.487 e. The zero-order valence-corrected chi connectivity index (χ0v) is 10.9. The number of nitrogen functional groups attached to an aromatic ring is 1. The van der Waals surface area contributed by atoms with Crippen molar-refractivity contribution < 1.29 is 19.0 Å². The molecule has 0 aliphatic rings. The molecule has 0 radical (unpaired) electrons. The van der Waals surface area contributed by atoms with E-state index in [1.807, 2.05) is 0 Å². The van der Waals surface area contributed by atoms with E-state index in [0.717, 1.165) is 11.1 Å². The van der Waals surface area contributed by atoms with Crippen LogP contribution in [0.3, 0.4) is 0 Å². The summed E-state index contributed by atoms with van der Waals surface area (Å²) >= 11 is 0. The molecule has 2 aromatic carbocycles. The molecule has 0 aliphatic carbocycles. The zero-order chi connectivity index (χ0) is 14.7. The Morgan fingerprint density at radius 1 is 1.30 bits per heavy atom. The smallest absolute Gasteiger partial charge is 0.335 e. The molecule has 2 aromatic rings. The van der Waals surface area contributed by atoms with Crippen molar-refractivity contribution in [3.63, 3.8) is 0 Å². The summed E-state index contributed by atoms with van der Waals surface area (Å²) in [5, 5.41) is 8.84. The van der Waals surface area contributed by atoms with E-state index in [1.54, 1.807) is 13.0 Å². The van der Waals surface area contributed by atoms with Crippen LogP contribution in [0.2, 0.25) is 0 Å². The molecule has 0 heterocycles. The first-order valence-electron chi connectivity index (χ1n) is 5.98. The number of nitrogens with two attached hydrogens (primary N) is 1. The second-order valence-electron chi connectivity index (χ2n) is 4.42. The number of anilines is 1. The fraction of sp³-hybridized carbons (Fsp3) is 0.133. The highest BCUT2D eigenvalue weighted by atomic mass is 19.1. The van der Waals surface area contributed by atoms with Gasteiger partial charge in [0.05, 0.1) is 11.3 Å². The molecule has 0 fully saturated rings. The predicted octanol–water partition coefficient (Wildman–Crippen LogP) is 2.99. The standard InChI is InChI=1S/C15H14FNO3/c1-9-6-12(16)4-2-11(9)8-20-14-5-3-10(15(18)19)7-13(14)17/h2-7H,8,17H2,1H3,(H,18,19). The number of carboxylic acid groups (broad SMARTS) is 1. The van der Waals surface area contributed by atoms with Crippen LogP contribution in [-0.4, -0.2) is 11.1 Å². The van der Waals surface area contributed by atoms with Gasteiger partial charge < -0.3 is 15.6 Å². The monoisotopic (exact) mass is 275 g/mol. The molecule has 5 heteroatoms. The average molecular weight is 275 g/mol. The molecule has 0 bridgehead atoms. The lowest BCUT2D eigenvalue weighted by Gasteiger charge is -2.11. The SMILES string of the molecule is Cc1cc(F)ccc1COc1ccc(C(=O)O)cc1N. The Morgan fingerprint density at radius 3 is 2.65 bits per heavy atom. The number of benzene rings is 2. The van der Waals surface area contributed by atoms with Crippen LogP contribution < -0.4 is 10.5 Å². The minimum atomic E-state index is -1.04. The molecular weight excluding hydrogens is 261 g/mol. The number of hydrogen-bond donors (Lipinski definition) is 2. The van der Waals surface area contributed by atoms with Crippen LogP contribution in [0.4, 0.5) is 10.1 Å². The van der Waals surface area contributed by atoms with E-state index < -0.39 is 5.97 Å². The van der Waals surface area contributed by atoms with Crippen molar-refractivity contribution in [2.24, 2.45) is 0 Å². The average Bonchev–Trinajstić information content (AvgIpc) is 2.38. The predicted molar refractivity (Wildman–Crippen MR) is 73.3 cm³/mol. The van der Waals surface area contributed by atoms with E-state index in [4.69, 9.17) is 15.6 Å². The van der Waals surface area contributed by atoms with Crippen LogP contribution in [0.15, 0.2) is 36.4 Å². The fourth-order valence-electron chi connectivity index (χ4n) is 1.79. The van der Waals surface area contributed by atoms with Crippen molar-refractivity contribution >= 4 is 11.7 Å². The number of carbonyl (C=O) groups is 1. The van der Waals surface area contributed by atoms with Gasteiger partial charge in [-0.1, -0.05) is 6.07 Å². The van der Waals surface area contributed by atoms with Crippen molar-refractivity contribution in [1.82, 2.24) is 0 Å². The number of carboxylic acids is 1. The van der Waals surface area contributed by atoms with E-state index in [0.29, 0.717) is 5.75 Å². The topological polar surface area (TPSA) is 72.5 Å². The molecular formula is C15H14FNO3. The van der Waals surface area contributed by atoms with Crippen molar-refractivity contribution in [3.8, 4) is 5.75 Å². The third-order valence-corrected chi connectivity index (χ3v) is 2.94. The Kier molecular flexibility index (Phi) is 3.89. The van der Waals surface area contributed by atoms with Crippen molar-refractivity contribution in [2.45, 2.75) is 13.5 Å². The van der Waals surface area contributed by atoms with Crippen molar-refractivity contribution in [3.05, 3.63) is 58.9 Å². The summed E-state index contributed by atoms with van der Waals surface area (Å²) in [7, 11) is 0. The number of halogens is 1. The molecule has 2 rings (SSSR count). The lowest BCUT2D eigenvalue weighted by Crippen LogP contribution is -2.03. The summed E-state index contributed by atoms with van der Waals surface area (Å²) in [6.07, 6.45) is 0. The summed E-state index contributed by atoms with van der Waals surface area (Å²) in [5.74, 6) is -0.937. The summed E-state index contributed by atoms with van der Waals surface area (Å²) in [6.45, 7) is 2.03. The molecule has 3 N–H and O–H groups in total. The molecule has 0 aromatic heterocycles. The normalized spacial score (nSPS) is 10.3. The largest absolute Gasteiger partial charge is 0.487 e. The molecule has 0 spiro atoms. The van der Waals surface area contributed by atoms with Gasteiger partial charge >= 0.3 is 5.97 Å². The molecule has 0 unspecified atom stereocenters. The van der Waals surface area contributed by atoms with Gasteiger partial charge in [-0.25, -0.2) is 9.18 Å². The Labute approximate surface area is 115 Å². The highest BCUT2D eigenvalue weighted by Crippen LogP contribution is 2.24. The van der Waals surface area contributed by atoms with Gasteiger partial charge in [0.2, 0.25) is 0 Å². The van der Waals surface area contributed by atoms with E-state index in [1.165, 1.54) is 30.3 Å². The van der Waals surface area contributed by atoms with E-state index in [-0.39, 0.29) is 23.7 Å². The van der Waals surface area contributed by atoms with Gasteiger partial charge in [-0.2, -0.15) is 0 Å². The van der Waals surface area contributed by atoms with Gasteiger partial charge in [0.1, 0.15) is 18.2 Å². The van der Waals surface area contributed by atoms with E-state index in [2.05, 4.69) is 0 Å². The van der Waals surface area contributed by atoms with Crippen molar-refractivity contribution in [1.29, 1.82) is 0 Å². The number of rotatable bonds is 4. The first-order chi connectivity index (χ1) is 9.47. The molecule has 0 aliphatic heterocycles. The number of aromatic carboxylic acids is 1. The second-order valence-corrected chi connectivity index (χ2v) is 4.42. The Hall–Kier alpha value is -2.56. The van der Waals surface area contributed by atoms with Gasteiger partial charge in [-0.3, -0.25) is 0 Å². The van der Waals surface area contributed by atoms with Gasteiger partial charge in [-0.15, -0.1) is 0 Å². The molecule has 0 saturated heterocycles. The van der Waals surface area contributed by atoms with Gasteiger partial charge in [0.15, 0.2) is 0 Å². The summed E-state index contributed by atoms with van der Waals surface area (Å²) in [5.41, 5.74) is 7.72. The van der Waals surface area contributed by atoms with Crippen LogP contribution >= 0.6 is 0 Å². The molecule has 0 atom stereocenters. The maximum Gasteiger partial charge on any atom is 0.335 e. The van der Waals surface area contributed by atoms with Crippen LogP contribution in [0.5, 0.6) is 5.75 Å². The number of ether oxygens (including phenoxy) is 1. The Morgan fingerprint density at radius 2 is 2.05 bits per heavy atom. The molecule has 20 heavy (non-hydrogen) atoms. The number of hydrogen-bond acceptors (Lipinski definition) is 3.